The zero-order chi connectivity index (χ0) is 14.6. The van der Waals surface area contributed by atoms with Crippen LogP contribution in [0.25, 0.3) is 0 Å². The second kappa shape index (κ2) is 6.90. The van der Waals surface area contributed by atoms with E-state index in [9.17, 15) is 9.90 Å². The molecule has 2 aliphatic rings. The second-order valence-electron chi connectivity index (χ2n) is 6.86. The number of piperidine rings is 1. The summed E-state index contributed by atoms with van der Waals surface area (Å²) in [5.41, 5.74) is -0.677. The van der Waals surface area contributed by atoms with Gasteiger partial charge in [-0.25, -0.2) is 0 Å². The standard InChI is InChI=1S/C16H30N2O2/c1-13(2)17-16(15(19)20)9-6-7-14(16)8-12-18-10-4-3-5-11-18/h13-14,17H,3-12H2,1-2H3,(H,19,20). The summed E-state index contributed by atoms with van der Waals surface area (Å²) in [7, 11) is 0. The van der Waals surface area contributed by atoms with Crippen LogP contribution in [0.4, 0.5) is 0 Å². The summed E-state index contributed by atoms with van der Waals surface area (Å²) in [4.78, 5) is 14.4. The van der Waals surface area contributed by atoms with Crippen LogP contribution in [-0.2, 0) is 4.79 Å². The van der Waals surface area contributed by atoms with Crippen molar-refractivity contribution in [3.05, 3.63) is 0 Å². The molecule has 1 heterocycles. The van der Waals surface area contributed by atoms with E-state index in [1.54, 1.807) is 0 Å². The molecule has 20 heavy (non-hydrogen) atoms. The molecule has 0 spiro atoms. The van der Waals surface area contributed by atoms with E-state index in [1.807, 2.05) is 13.8 Å². The number of hydrogen-bond acceptors (Lipinski definition) is 3. The second-order valence-corrected chi connectivity index (χ2v) is 6.86. The average molecular weight is 282 g/mol. The maximum absolute atomic E-state index is 11.8. The lowest BCUT2D eigenvalue weighted by atomic mass is 9.83. The van der Waals surface area contributed by atoms with Gasteiger partial charge in [-0.3, -0.25) is 10.1 Å². The molecule has 1 aliphatic carbocycles. The third-order valence-electron chi connectivity index (χ3n) is 4.99. The Morgan fingerprint density at radius 1 is 1.30 bits per heavy atom. The molecular formula is C16H30N2O2. The minimum Gasteiger partial charge on any atom is -0.480 e. The summed E-state index contributed by atoms with van der Waals surface area (Å²) < 4.78 is 0. The molecule has 1 saturated heterocycles. The molecule has 0 aromatic carbocycles. The fourth-order valence-electron chi connectivity index (χ4n) is 4.04. The van der Waals surface area contributed by atoms with Gasteiger partial charge in [-0.15, -0.1) is 0 Å². The Kier molecular flexibility index (Phi) is 5.44. The molecule has 4 nitrogen and oxygen atoms in total. The van der Waals surface area contributed by atoms with Gasteiger partial charge < -0.3 is 10.0 Å². The summed E-state index contributed by atoms with van der Waals surface area (Å²) in [5.74, 6) is -0.364. The summed E-state index contributed by atoms with van der Waals surface area (Å²) >= 11 is 0. The predicted octanol–water partition coefficient (Wildman–Crippen LogP) is 2.48. The van der Waals surface area contributed by atoms with Crippen LogP contribution in [0.1, 0.15) is 58.8 Å². The molecule has 4 heteroatoms. The molecule has 1 aliphatic heterocycles. The van der Waals surface area contributed by atoms with Crippen LogP contribution in [0.3, 0.4) is 0 Å². The molecule has 2 unspecified atom stereocenters. The molecule has 0 bridgehead atoms. The summed E-state index contributed by atoms with van der Waals surface area (Å²) in [6, 6.07) is 0.224. The van der Waals surface area contributed by atoms with Crippen molar-refractivity contribution >= 4 is 5.97 Å². The largest absolute Gasteiger partial charge is 0.480 e. The van der Waals surface area contributed by atoms with Crippen LogP contribution >= 0.6 is 0 Å². The minimum absolute atomic E-state index is 0.224. The van der Waals surface area contributed by atoms with Crippen LogP contribution in [0, 0.1) is 5.92 Å². The van der Waals surface area contributed by atoms with Crippen LogP contribution in [0.15, 0.2) is 0 Å². The van der Waals surface area contributed by atoms with E-state index in [1.165, 1.54) is 32.4 Å². The number of rotatable bonds is 6. The van der Waals surface area contributed by atoms with Crippen molar-refractivity contribution in [2.45, 2.75) is 70.4 Å². The van der Waals surface area contributed by atoms with Crippen LogP contribution in [0.5, 0.6) is 0 Å². The van der Waals surface area contributed by atoms with E-state index in [-0.39, 0.29) is 12.0 Å². The lowest BCUT2D eigenvalue weighted by Gasteiger charge is -2.36. The normalized spacial score (nSPS) is 31.9. The Hall–Kier alpha value is -0.610. The van der Waals surface area contributed by atoms with Crippen LogP contribution in [0.2, 0.25) is 0 Å². The first-order valence-electron chi connectivity index (χ1n) is 8.28. The van der Waals surface area contributed by atoms with Gasteiger partial charge in [0.05, 0.1) is 0 Å². The van der Waals surface area contributed by atoms with Crippen molar-refractivity contribution in [2.24, 2.45) is 5.92 Å². The van der Waals surface area contributed by atoms with Crippen molar-refractivity contribution in [3.8, 4) is 0 Å². The lowest BCUT2D eigenvalue weighted by molar-refractivity contribution is -0.147. The molecule has 2 fully saturated rings. The van der Waals surface area contributed by atoms with Crippen molar-refractivity contribution in [1.82, 2.24) is 10.2 Å². The van der Waals surface area contributed by atoms with Gasteiger partial charge in [0.1, 0.15) is 5.54 Å². The average Bonchev–Trinajstić information content (AvgIpc) is 2.81. The van der Waals surface area contributed by atoms with Crippen LogP contribution < -0.4 is 5.32 Å². The zero-order valence-electron chi connectivity index (χ0n) is 13.0. The zero-order valence-corrected chi connectivity index (χ0v) is 13.0. The third-order valence-corrected chi connectivity index (χ3v) is 4.99. The van der Waals surface area contributed by atoms with Crippen molar-refractivity contribution in [3.63, 3.8) is 0 Å². The smallest absolute Gasteiger partial charge is 0.324 e. The van der Waals surface area contributed by atoms with Crippen molar-refractivity contribution in [2.75, 3.05) is 19.6 Å². The maximum Gasteiger partial charge on any atom is 0.324 e. The van der Waals surface area contributed by atoms with Crippen molar-refractivity contribution < 1.29 is 9.90 Å². The van der Waals surface area contributed by atoms with E-state index < -0.39 is 11.5 Å². The number of carboxylic acids is 1. The Morgan fingerprint density at radius 3 is 2.60 bits per heavy atom. The molecule has 116 valence electrons. The Labute approximate surface area is 122 Å². The first kappa shape index (κ1) is 15.8. The highest BCUT2D eigenvalue weighted by Gasteiger charge is 2.49. The quantitative estimate of drug-likeness (QED) is 0.786. The lowest BCUT2D eigenvalue weighted by Crippen LogP contribution is -2.57. The topological polar surface area (TPSA) is 52.6 Å². The van der Waals surface area contributed by atoms with Crippen molar-refractivity contribution in [1.29, 1.82) is 0 Å². The molecular weight excluding hydrogens is 252 g/mol. The fourth-order valence-corrected chi connectivity index (χ4v) is 4.04. The summed E-state index contributed by atoms with van der Waals surface area (Å²) in [6.07, 6.45) is 7.86. The molecule has 0 amide bonds. The highest BCUT2D eigenvalue weighted by Crippen LogP contribution is 2.39. The number of aliphatic carboxylic acids is 1. The van der Waals surface area contributed by atoms with Gasteiger partial charge in [0.25, 0.3) is 0 Å². The molecule has 2 rings (SSSR count). The minimum atomic E-state index is -0.677. The van der Waals surface area contributed by atoms with E-state index in [2.05, 4.69) is 10.2 Å². The highest BCUT2D eigenvalue weighted by atomic mass is 16.4. The van der Waals surface area contributed by atoms with Gasteiger partial charge in [-0.05, 0) is 71.5 Å². The highest BCUT2D eigenvalue weighted by molar-refractivity contribution is 5.79. The van der Waals surface area contributed by atoms with E-state index >= 15 is 0 Å². The van der Waals surface area contributed by atoms with Gasteiger partial charge in [0.2, 0.25) is 0 Å². The fraction of sp³-hybridized carbons (Fsp3) is 0.938. The van der Waals surface area contributed by atoms with E-state index in [0.29, 0.717) is 0 Å². The number of carboxylic acid groups (broad SMARTS) is 1. The van der Waals surface area contributed by atoms with Crippen LogP contribution in [-0.4, -0.2) is 47.2 Å². The van der Waals surface area contributed by atoms with Gasteiger partial charge in [0, 0.05) is 6.04 Å². The summed E-state index contributed by atoms with van der Waals surface area (Å²) in [5, 5.41) is 13.1. The number of carbonyl (C=O) groups is 1. The number of nitrogens with zero attached hydrogens (tertiary/aromatic N) is 1. The van der Waals surface area contributed by atoms with Gasteiger partial charge >= 0.3 is 5.97 Å². The summed E-state index contributed by atoms with van der Waals surface area (Å²) in [6.45, 7) is 7.56. The third kappa shape index (κ3) is 3.53. The SMILES string of the molecule is CC(C)NC1(C(=O)O)CCCC1CCN1CCCCC1. The number of hydrogen-bond donors (Lipinski definition) is 2. The molecule has 0 aromatic heterocycles. The Balaban J connectivity index is 1.95. The molecule has 0 radical (unpaired) electrons. The van der Waals surface area contributed by atoms with Gasteiger partial charge in [-0.1, -0.05) is 12.8 Å². The predicted molar refractivity (Wildman–Crippen MR) is 80.9 cm³/mol. The first-order chi connectivity index (χ1) is 9.54. The maximum atomic E-state index is 11.8. The molecule has 2 N–H and O–H groups in total. The molecule has 1 saturated carbocycles. The molecule has 2 atom stereocenters. The van der Waals surface area contributed by atoms with Gasteiger partial charge in [0.15, 0.2) is 0 Å². The number of nitrogens with one attached hydrogen (secondary N) is 1. The molecule has 0 aromatic rings. The number of likely N-dealkylation sites (tertiary alicyclic amines) is 1. The monoisotopic (exact) mass is 282 g/mol. The Bertz CT molecular complexity index is 326. The van der Waals surface area contributed by atoms with E-state index in [4.69, 9.17) is 0 Å². The van der Waals surface area contributed by atoms with E-state index in [0.717, 1.165) is 32.2 Å². The first-order valence-corrected chi connectivity index (χ1v) is 8.28. The van der Waals surface area contributed by atoms with Gasteiger partial charge in [-0.2, -0.15) is 0 Å². The Morgan fingerprint density at radius 2 is 2.00 bits per heavy atom.